The molecule has 2 aromatic rings. The highest BCUT2D eigenvalue weighted by Crippen LogP contribution is 2.30. The molecule has 0 spiro atoms. The molecule has 0 aliphatic rings. The second-order valence-corrected chi connectivity index (χ2v) is 5.62. The first-order valence-electron chi connectivity index (χ1n) is 6.35. The van der Waals surface area contributed by atoms with Gasteiger partial charge in [0.15, 0.2) is 0 Å². The third-order valence-electron chi connectivity index (χ3n) is 3.24. The summed E-state index contributed by atoms with van der Waals surface area (Å²) in [5.74, 6) is -0.337. The maximum Gasteiger partial charge on any atom is 0.274 e. The number of para-hydroxylation sites is 1. The summed E-state index contributed by atoms with van der Waals surface area (Å²) in [4.78, 5) is 10.7. The largest absolute Gasteiger partial charge is 0.378 e. The fraction of sp³-hybridized carbons (Fsp3) is 0.200. The van der Waals surface area contributed by atoms with E-state index in [4.69, 9.17) is 0 Å². The zero-order chi connectivity index (χ0) is 15.6. The first kappa shape index (κ1) is 15.4. The molecule has 0 fully saturated rings. The SMILES string of the molecule is Cc1cc(F)c(Br)cc1NC(C)c1ccccc1[N+](=O)[O-]. The number of benzene rings is 2. The van der Waals surface area contributed by atoms with Crippen LogP contribution in [-0.4, -0.2) is 4.92 Å². The normalized spacial score (nSPS) is 12.0. The highest BCUT2D eigenvalue weighted by Gasteiger charge is 2.18. The molecule has 0 bridgehead atoms. The molecule has 0 saturated heterocycles. The van der Waals surface area contributed by atoms with Crippen LogP contribution in [0.1, 0.15) is 24.1 Å². The van der Waals surface area contributed by atoms with Gasteiger partial charge in [-0.05, 0) is 47.5 Å². The summed E-state index contributed by atoms with van der Waals surface area (Å²) in [6.45, 7) is 3.61. The van der Waals surface area contributed by atoms with Gasteiger partial charge in [-0.1, -0.05) is 18.2 Å². The van der Waals surface area contributed by atoms with Crippen molar-refractivity contribution in [1.82, 2.24) is 0 Å². The van der Waals surface area contributed by atoms with E-state index in [9.17, 15) is 14.5 Å². The topological polar surface area (TPSA) is 55.2 Å². The van der Waals surface area contributed by atoms with E-state index < -0.39 is 4.92 Å². The predicted molar refractivity (Wildman–Crippen MR) is 84.0 cm³/mol. The predicted octanol–water partition coefficient (Wildman–Crippen LogP) is 4.98. The zero-order valence-electron chi connectivity index (χ0n) is 11.6. The van der Waals surface area contributed by atoms with Crippen LogP contribution in [-0.2, 0) is 0 Å². The number of nitro benzene ring substituents is 1. The molecule has 1 N–H and O–H groups in total. The Hall–Kier alpha value is -1.95. The zero-order valence-corrected chi connectivity index (χ0v) is 13.1. The Bertz CT molecular complexity index is 691. The summed E-state index contributed by atoms with van der Waals surface area (Å²) in [6, 6.07) is 9.35. The van der Waals surface area contributed by atoms with Gasteiger partial charge >= 0.3 is 0 Å². The van der Waals surface area contributed by atoms with Crippen molar-refractivity contribution in [3.05, 3.63) is 67.9 Å². The van der Waals surface area contributed by atoms with Gasteiger partial charge in [-0.2, -0.15) is 0 Å². The van der Waals surface area contributed by atoms with E-state index in [1.54, 1.807) is 31.2 Å². The highest BCUT2D eigenvalue weighted by atomic mass is 79.9. The molecule has 2 rings (SSSR count). The van der Waals surface area contributed by atoms with Gasteiger partial charge in [0.25, 0.3) is 5.69 Å². The van der Waals surface area contributed by atoms with Gasteiger partial charge in [0, 0.05) is 11.8 Å². The maximum atomic E-state index is 13.4. The Kier molecular flexibility index (Phi) is 4.57. The number of nitrogens with zero attached hydrogens (tertiary/aromatic N) is 1. The quantitative estimate of drug-likeness (QED) is 0.623. The number of hydrogen-bond acceptors (Lipinski definition) is 3. The van der Waals surface area contributed by atoms with Gasteiger partial charge in [-0.3, -0.25) is 10.1 Å². The van der Waals surface area contributed by atoms with Crippen LogP contribution in [0.2, 0.25) is 0 Å². The lowest BCUT2D eigenvalue weighted by atomic mass is 10.1. The fourth-order valence-corrected chi connectivity index (χ4v) is 2.48. The number of anilines is 1. The van der Waals surface area contributed by atoms with E-state index in [0.29, 0.717) is 10.0 Å². The molecule has 0 saturated carbocycles. The monoisotopic (exact) mass is 352 g/mol. The van der Waals surface area contributed by atoms with Crippen LogP contribution in [0.3, 0.4) is 0 Å². The molecular weight excluding hydrogens is 339 g/mol. The summed E-state index contributed by atoms with van der Waals surface area (Å²) in [5.41, 5.74) is 2.12. The van der Waals surface area contributed by atoms with Gasteiger partial charge in [0.1, 0.15) is 5.82 Å². The number of aryl methyl sites for hydroxylation is 1. The summed E-state index contributed by atoms with van der Waals surface area (Å²) in [6.07, 6.45) is 0. The van der Waals surface area contributed by atoms with Crippen LogP contribution in [0.5, 0.6) is 0 Å². The fourth-order valence-electron chi connectivity index (χ4n) is 2.13. The van der Waals surface area contributed by atoms with Crippen molar-refractivity contribution in [1.29, 1.82) is 0 Å². The van der Waals surface area contributed by atoms with Crippen molar-refractivity contribution in [2.24, 2.45) is 0 Å². The van der Waals surface area contributed by atoms with E-state index in [-0.39, 0.29) is 17.5 Å². The van der Waals surface area contributed by atoms with E-state index in [2.05, 4.69) is 21.2 Å². The molecule has 4 nitrogen and oxygen atoms in total. The molecule has 0 radical (unpaired) electrons. The second kappa shape index (κ2) is 6.22. The molecule has 0 aliphatic heterocycles. The molecule has 0 heterocycles. The molecule has 1 unspecified atom stereocenters. The Balaban J connectivity index is 2.33. The Morgan fingerprint density at radius 3 is 2.67 bits per heavy atom. The van der Waals surface area contributed by atoms with E-state index in [1.165, 1.54) is 12.1 Å². The van der Waals surface area contributed by atoms with Crippen molar-refractivity contribution in [3.8, 4) is 0 Å². The lowest BCUT2D eigenvalue weighted by molar-refractivity contribution is -0.385. The van der Waals surface area contributed by atoms with E-state index in [0.717, 1.165) is 11.3 Å². The maximum absolute atomic E-state index is 13.4. The summed E-state index contributed by atoms with van der Waals surface area (Å²) in [7, 11) is 0. The first-order chi connectivity index (χ1) is 9.90. The summed E-state index contributed by atoms with van der Waals surface area (Å²) in [5, 5.41) is 14.3. The Morgan fingerprint density at radius 1 is 1.33 bits per heavy atom. The lowest BCUT2D eigenvalue weighted by Crippen LogP contribution is -2.10. The van der Waals surface area contributed by atoms with Gasteiger partial charge < -0.3 is 5.32 Å². The molecule has 0 amide bonds. The van der Waals surface area contributed by atoms with Crippen molar-refractivity contribution in [2.45, 2.75) is 19.9 Å². The average Bonchev–Trinajstić information content (AvgIpc) is 2.44. The number of nitro groups is 1. The molecule has 1 atom stereocenters. The van der Waals surface area contributed by atoms with Crippen molar-refractivity contribution >= 4 is 27.3 Å². The van der Waals surface area contributed by atoms with Crippen LogP contribution in [0.15, 0.2) is 40.9 Å². The van der Waals surface area contributed by atoms with Crippen LogP contribution in [0, 0.1) is 22.9 Å². The minimum Gasteiger partial charge on any atom is -0.378 e. The molecular formula is C15H14BrFN2O2. The Morgan fingerprint density at radius 2 is 2.00 bits per heavy atom. The molecule has 110 valence electrons. The smallest absolute Gasteiger partial charge is 0.274 e. The van der Waals surface area contributed by atoms with E-state index in [1.807, 2.05) is 6.92 Å². The Labute approximate surface area is 130 Å². The molecule has 0 aliphatic carbocycles. The molecule has 6 heteroatoms. The number of rotatable bonds is 4. The van der Waals surface area contributed by atoms with E-state index >= 15 is 0 Å². The van der Waals surface area contributed by atoms with Crippen LogP contribution < -0.4 is 5.32 Å². The molecule has 0 aromatic heterocycles. The third kappa shape index (κ3) is 3.39. The van der Waals surface area contributed by atoms with Gasteiger partial charge in [0.2, 0.25) is 0 Å². The lowest BCUT2D eigenvalue weighted by Gasteiger charge is -2.18. The van der Waals surface area contributed by atoms with Crippen molar-refractivity contribution in [2.75, 3.05) is 5.32 Å². The average molecular weight is 353 g/mol. The highest BCUT2D eigenvalue weighted by molar-refractivity contribution is 9.10. The first-order valence-corrected chi connectivity index (χ1v) is 7.15. The van der Waals surface area contributed by atoms with Crippen LogP contribution in [0.25, 0.3) is 0 Å². The van der Waals surface area contributed by atoms with Crippen molar-refractivity contribution in [3.63, 3.8) is 0 Å². The number of halogens is 2. The van der Waals surface area contributed by atoms with Crippen molar-refractivity contribution < 1.29 is 9.31 Å². The number of hydrogen-bond donors (Lipinski definition) is 1. The van der Waals surface area contributed by atoms with Gasteiger partial charge in [0.05, 0.1) is 21.0 Å². The molecule has 2 aromatic carbocycles. The second-order valence-electron chi connectivity index (χ2n) is 4.76. The summed E-state index contributed by atoms with van der Waals surface area (Å²) >= 11 is 3.14. The minimum atomic E-state index is -0.402. The third-order valence-corrected chi connectivity index (χ3v) is 3.85. The number of nitrogens with one attached hydrogen (secondary N) is 1. The molecule has 21 heavy (non-hydrogen) atoms. The van der Waals surface area contributed by atoms with Gasteiger partial charge in [-0.15, -0.1) is 0 Å². The standard InChI is InChI=1S/C15H14BrFN2O2/c1-9-7-13(17)12(16)8-14(9)18-10(2)11-5-3-4-6-15(11)19(20)21/h3-8,10,18H,1-2H3. The van der Waals surface area contributed by atoms with Crippen LogP contribution >= 0.6 is 15.9 Å². The summed E-state index contributed by atoms with van der Waals surface area (Å²) < 4.78 is 13.8. The van der Waals surface area contributed by atoms with Crippen LogP contribution in [0.4, 0.5) is 15.8 Å². The van der Waals surface area contributed by atoms with Gasteiger partial charge in [-0.25, -0.2) is 4.39 Å². The minimum absolute atomic E-state index is 0.0660.